The van der Waals surface area contributed by atoms with Crippen molar-refractivity contribution in [3.63, 3.8) is 0 Å². The maximum absolute atomic E-state index is 9.01. The molecule has 1 nitrogen and oxygen atoms in total. The summed E-state index contributed by atoms with van der Waals surface area (Å²) >= 11 is 5.08. The van der Waals surface area contributed by atoms with Crippen molar-refractivity contribution in [3.05, 3.63) is 45.1 Å². The second-order valence-electron chi connectivity index (χ2n) is 2.92. The van der Waals surface area contributed by atoms with Gasteiger partial charge in [0.1, 0.15) is 0 Å². The van der Waals surface area contributed by atoms with Gasteiger partial charge in [-0.3, -0.25) is 0 Å². The molecular formula is C11H9BrOS. The largest absolute Gasteiger partial charge is 0.391 e. The quantitative estimate of drug-likeness (QED) is 0.881. The first-order valence-electron chi connectivity index (χ1n) is 4.26. The van der Waals surface area contributed by atoms with Gasteiger partial charge in [0.05, 0.1) is 10.4 Å². The third-order valence-corrected chi connectivity index (χ3v) is 3.80. The average Bonchev–Trinajstić information content (AvgIpc) is 2.61. The fourth-order valence-corrected chi connectivity index (χ4v) is 3.04. The van der Waals surface area contributed by atoms with Crippen LogP contribution in [0.2, 0.25) is 0 Å². The van der Waals surface area contributed by atoms with E-state index in [4.69, 9.17) is 5.11 Å². The Kier molecular flexibility index (Phi) is 3.01. The number of thiophene rings is 1. The van der Waals surface area contributed by atoms with E-state index in [0.29, 0.717) is 0 Å². The molecule has 3 heteroatoms. The third kappa shape index (κ3) is 1.90. The zero-order valence-corrected chi connectivity index (χ0v) is 9.81. The van der Waals surface area contributed by atoms with Crippen LogP contribution in [0.3, 0.4) is 0 Å². The molecule has 0 atom stereocenters. The molecule has 0 aliphatic carbocycles. The molecule has 1 heterocycles. The Morgan fingerprint density at radius 3 is 2.50 bits per heavy atom. The van der Waals surface area contributed by atoms with E-state index in [0.717, 1.165) is 14.2 Å². The smallest absolute Gasteiger partial charge is 0.0780 e. The summed E-state index contributed by atoms with van der Waals surface area (Å²) in [6.45, 7) is 0.107. The number of aliphatic hydroxyl groups excluding tert-OH is 1. The Morgan fingerprint density at radius 1 is 1.21 bits per heavy atom. The van der Waals surface area contributed by atoms with E-state index in [1.54, 1.807) is 11.3 Å². The number of hydrogen-bond donors (Lipinski definition) is 1. The molecule has 0 unspecified atom stereocenters. The lowest BCUT2D eigenvalue weighted by atomic mass is 10.1. The lowest BCUT2D eigenvalue weighted by molar-refractivity contribution is 0.285. The molecule has 1 aromatic heterocycles. The highest BCUT2D eigenvalue weighted by Gasteiger charge is 2.07. The second kappa shape index (κ2) is 4.26. The van der Waals surface area contributed by atoms with Crippen LogP contribution < -0.4 is 0 Å². The minimum absolute atomic E-state index is 0.107. The summed E-state index contributed by atoms with van der Waals surface area (Å²) in [4.78, 5) is 0.982. The molecule has 0 spiro atoms. The molecule has 2 rings (SSSR count). The van der Waals surface area contributed by atoms with Gasteiger partial charge in [0.2, 0.25) is 0 Å². The molecule has 72 valence electrons. The maximum atomic E-state index is 9.01. The predicted octanol–water partition coefficient (Wildman–Crippen LogP) is 3.67. The van der Waals surface area contributed by atoms with E-state index in [1.165, 1.54) is 5.56 Å². The lowest BCUT2D eigenvalue weighted by Crippen LogP contribution is -1.74. The van der Waals surface area contributed by atoms with E-state index in [-0.39, 0.29) is 6.61 Å². The highest BCUT2D eigenvalue weighted by molar-refractivity contribution is 9.11. The van der Waals surface area contributed by atoms with E-state index in [1.807, 2.05) is 24.3 Å². The van der Waals surface area contributed by atoms with Gasteiger partial charge in [-0.05, 0) is 27.6 Å². The van der Waals surface area contributed by atoms with Crippen LogP contribution in [0.15, 0.2) is 40.2 Å². The van der Waals surface area contributed by atoms with Crippen LogP contribution in [0.1, 0.15) is 4.88 Å². The number of aliphatic hydroxyl groups is 1. The van der Waals surface area contributed by atoms with Crippen LogP contribution in [0, 0.1) is 0 Å². The number of hydrogen-bond acceptors (Lipinski definition) is 2. The van der Waals surface area contributed by atoms with Gasteiger partial charge in [0.25, 0.3) is 0 Å². The van der Waals surface area contributed by atoms with Crippen LogP contribution in [-0.2, 0) is 6.61 Å². The predicted molar refractivity (Wildman–Crippen MR) is 63.4 cm³/mol. The van der Waals surface area contributed by atoms with Crippen molar-refractivity contribution in [2.75, 3.05) is 0 Å². The Morgan fingerprint density at radius 2 is 1.93 bits per heavy atom. The summed E-state index contributed by atoms with van der Waals surface area (Å²) in [5.41, 5.74) is 2.33. The van der Waals surface area contributed by atoms with Crippen LogP contribution in [0.25, 0.3) is 11.1 Å². The molecule has 0 aliphatic rings. The van der Waals surface area contributed by atoms with Crippen LogP contribution in [0.5, 0.6) is 0 Å². The first kappa shape index (κ1) is 9.90. The van der Waals surface area contributed by atoms with Gasteiger partial charge in [-0.2, -0.15) is 0 Å². The molecule has 1 N–H and O–H groups in total. The number of halogens is 1. The molecule has 0 fully saturated rings. The van der Waals surface area contributed by atoms with Gasteiger partial charge in [-0.25, -0.2) is 0 Å². The zero-order chi connectivity index (χ0) is 9.97. The van der Waals surface area contributed by atoms with E-state index in [2.05, 4.69) is 28.1 Å². The van der Waals surface area contributed by atoms with Crippen molar-refractivity contribution in [2.45, 2.75) is 6.61 Å². The van der Waals surface area contributed by atoms with Gasteiger partial charge < -0.3 is 5.11 Å². The maximum Gasteiger partial charge on any atom is 0.0780 e. The summed E-state index contributed by atoms with van der Waals surface area (Å²) in [5.74, 6) is 0. The standard InChI is InChI=1S/C11H9BrOS/c12-11-10(6-9(7-13)14-11)8-4-2-1-3-5-8/h1-6,13H,7H2. The van der Waals surface area contributed by atoms with Gasteiger partial charge >= 0.3 is 0 Å². The summed E-state index contributed by atoms with van der Waals surface area (Å²) in [6, 6.07) is 12.2. The summed E-state index contributed by atoms with van der Waals surface area (Å²) in [7, 11) is 0. The molecule has 2 aromatic rings. The van der Waals surface area contributed by atoms with Crippen molar-refractivity contribution < 1.29 is 5.11 Å². The Balaban J connectivity index is 2.46. The van der Waals surface area contributed by atoms with Crippen LogP contribution in [-0.4, -0.2) is 5.11 Å². The topological polar surface area (TPSA) is 20.2 Å². The van der Waals surface area contributed by atoms with Crippen molar-refractivity contribution in [2.24, 2.45) is 0 Å². The van der Waals surface area contributed by atoms with Crippen molar-refractivity contribution in [1.82, 2.24) is 0 Å². The first-order chi connectivity index (χ1) is 6.81. The van der Waals surface area contributed by atoms with Gasteiger partial charge in [0.15, 0.2) is 0 Å². The second-order valence-corrected chi connectivity index (χ2v) is 5.38. The molecular weight excluding hydrogens is 260 g/mol. The first-order valence-corrected chi connectivity index (χ1v) is 5.86. The summed E-state index contributed by atoms with van der Waals surface area (Å²) < 4.78 is 1.08. The molecule has 0 amide bonds. The fourth-order valence-electron chi connectivity index (χ4n) is 1.31. The highest BCUT2D eigenvalue weighted by Crippen LogP contribution is 2.35. The van der Waals surface area contributed by atoms with Crippen LogP contribution in [0.4, 0.5) is 0 Å². The van der Waals surface area contributed by atoms with Gasteiger partial charge in [-0.1, -0.05) is 30.3 Å². The van der Waals surface area contributed by atoms with E-state index in [9.17, 15) is 0 Å². The molecule has 0 saturated carbocycles. The van der Waals surface area contributed by atoms with Crippen molar-refractivity contribution in [1.29, 1.82) is 0 Å². The third-order valence-electron chi connectivity index (χ3n) is 1.98. The molecule has 1 aromatic carbocycles. The highest BCUT2D eigenvalue weighted by atomic mass is 79.9. The average molecular weight is 269 g/mol. The SMILES string of the molecule is OCc1cc(-c2ccccc2)c(Br)s1. The normalized spacial score (nSPS) is 10.4. The Labute approximate surface area is 95.2 Å². The minimum Gasteiger partial charge on any atom is -0.391 e. The number of benzene rings is 1. The Hall–Kier alpha value is -0.640. The van der Waals surface area contributed by atoms with E-state index < -0.39 is 0 Å². The van der Waals surface area contributed by atoms with E-state index >= 15 is 0 Å². The van der Waals surface area contributed by atoms with Crippen molar-refractivity contribution in [3.8, 4) is 11.1 Å². The summed E-state index contributed by atoms with van der Waals surface area (Å²) in [6.07, 6.45) is 0. The zero-order valence-electron chi connectivity index (χ0n) is 7.40. The monoisotopic (exact) mass is 268 g/mol. The minimum atomic E-state index is 0.107. The van der Waals surface area contributed by atoms with Gasteiger partial charge in [-0.15, -0.1) is 11.3 Å². The lowest BCUT2D eigenvalue weighted by Gasteiger charge is -1.96. The fraction of sp³-hybridized carbons (Fsp3) is 0.0909. The summed E-state index contributed by atoms with van der Waals surface area (Å²) in [5, 5.41) is 9.01. The van der Waals surface area contributed by atoms with Crippen molar-refractivity contribution >= 4 is 27.3 Å². The van der Waals surface area contributed by atoms with Crippen LogP contribution >= 0.6 is 27.3 Å². The molecule has 0 bridgehead atoms. The molecule has 0 aliphatic heterocycles. The molecule has 0 radical (unpaired) electrons. The number of rotatable bonds is 2. The van der Waals surface area contributed by atoms with Gasteiger partial charge in [0, 0.05) is 10.4 Å². The molecule has 0 saturated heterocycles. The molecule has 14 heavy (non-hydrogen) atoms. The Bertz CT molecular complexity index is 422.